The lowest BCUT2D eigenvalue weighted by Crippen LogP contribution is -2.00. The van der Waals surface area contributed by atoms with Crippen molar-refractivity contribution in [3.8, 4) is 17.0 Å². The van der Waals surface area contributed by atoms with E-state index in [9.17, 15) is 0 Å². The van der Waals surface area contributed by atoms with Crippen molar-refractivity contribution in [1.29, 1.82) is 0 Å². The van der Waals surface area contributed by atoms with Crippen LogP contribution in [0.5, 0.6) is 5.75 Å². The zero-order chi connectivity index (χ0) is 14.5. The molecule has 0 aliphatic carbocycles. The van der Waals surface area contributed by atoms with Gasteiger partial charge in [0.15, 0.2) is 0 Å². The molecule has 2 rings (SSSR count). The number of aryl methyl sites for hydroxylation is 1. The van der Waals surface area contributed by atoms with Crippen LogP contribution in [0.3, 0.4) is 0 Å². The first-order chi connectivity index (χ1) is 9.65. The molecule has 0 spiro atoms. The molecule has 4 nitrogen and oxygen atoms in total. The van der Waals surface area contributed by atoms with E-state index in [2.05, 4.69) is 21.9 Å². The number of pyridine rings is 1. The van der Waals surface area contributed by atoms with Gasteiger partial charge in [-0.05, 0) is 19.4 Å². The number of aromatic nitrogens is 3. The van der Waals surface area contributed by atoms with Crippen LogP contribution < -0.4 is 4.74 Å². The Kier molecular flexibility index (Phi) is 4.84. The quantitative estimate of drug-likeness (QED) is 0.849. The van der Waals surface area contributed by atoms with E-state index in [4.69, 9.17) is 17.0 Å². The fourth-order valence-electron chi connectivity index (χ4n) is 1.89. The van der Waals surface area contributed by atoms with E-state index in [0.29, 0.717) is 11.2 Å². The highest BCUT2D eigenvalue weighted by Crippen LogP contribution is 2.24. The van der Waals surface area contributed by atoms with Crippen LogP contribution in [-0.4, -0.2) is 21.6 Å². The largest absolute Gasteiger partial charge is 0.492 e. The molecule has 0 saturated carbocycles. The number of rotatable bonds is 5. The van der Waals surface area contributed by atoms with Gasteiger partial charge in [-0.3, -0.25) is 4.98 Å². The Bertz CT molecular complexity index is 652. The van der Waals surface area contributed by atoms with Gasteiger partial charge < -0.3 is 9.72 Å². The van der Waals surface area contributed by atoms with Crippen molar-refractivity contribution >= 4 is 12.2 Å². The highest BCUT2D eigenvalue weighted by atomic mass is 32.1. The molecule has 0 atom stereocenters. The lowest BCUT2D eigenvalue weighted by atomic mass is 10.1. The van der Waals surface area contributed by atoms with Crippen molar-refractivity contribution in [3.63, 3.8) is 0 Å². The Hall–Kier alpha value is -1.75. The fraction of sp³-hybridized carbons (Fsp3) is 0.400. The summed E-state index contributed by atoms with van der Waals surface area (Å²) < 4.78 is 6.26. The second kappa shape index (κ2) is 6.61. The highest BCUT2D eigenvalue weighted by molar-refractivity contribution is 7.71. The van der Waals surface area contributed by atoms with Gasteiger partial charge in [-0.2, -0.15) is 0 Å². The first kappa shape index (κ1) is 14.7. The third-order valence-electron chi connectivity index (χ3n) is 3.01. The predicted octanol–water partition coefficient (Wildman–Crippen LogP) is 3.86. The zero-order valence-corrected chi connectivity index (χ0v) is 12.9. The molecule has 2 heterocycles. The maximum Gasteiger partial charge on any atom is 0.138 e. The van der Waals surface area contributed by atoms with Crippen molar-refractivity contribution in [3.05, 3.63) is 34.5 Å². The summed E-state index contributed by atoms with van der Waals surface area (Å²) in [5.74, 6) is 1.66. The van der Waals surface area contributed by atoms with E-state index in [-0.39, 0.29) is 0 Å². The molecule has 0 amide bonds. The van der Waals surface area contributed by atoms with Crippen LogP contribution in [0.4, 0.5) is 0 Å². The molecular weight excluding hydrogens is 270 g/mol. The lowest BCUT2D eigenvalue weighted by Gasteiger charge is -2.10. The molecule has 0 unspecified atom stereocenters. The summed E-state index contributed by atoms with van der Waals surface area (Å²) in [7, 11) is 0. The van der Waals surface area contributed by atoms with E-state index < -0.39 is 0 Å². The third kappa shape index (κ3) is 3.22. The summed E-state index contributed by atoms with van der Waals surface area (Å²) in [6.07, 6.45) is 5.33. The van der Waals surface area contributed by atoms with E-state index in [1.54, 1.807) is 6.20 Å². The van der Waals surface area contributed by atoms with E-state index in [1.807, 2.05) is 26.1 Å². The lowest BCUT2D eigenvalue weighted by molar-refractivity contribution is 0.316. The van der Waals surface area contributed by atoms with Crippen molar-refractivity contribution in [1.82, 2.24) is 15.0 Å². The number of hydrogen-bond donors (Lipinski definition) is 1. The molecule has 0 saturated heterocycles. The number of aromatic amines is 1. The Labute approximate surface area is 124 Å². The molecule has 0 aliphatic rings. The third-order valence-corrected chi connectivity index (χ3v) is 3.41. The standard InChI is InChI=1S/C15H19N3OS/c1-4-6-19-12-7-11(8-16-9-12)14-10(3)15(20)18-13(5-2)17-14/h7-9H,4-6H2,1-3H3,(H,17,18,20). The maximum absolute atomic E-state index is 5.63. The molecule has 0 bridgehead atoms. The normalized spacial score (nSPS) is 10.6. The van der Waals surface area contributed by atoms with Crippen molar-refractivity contribution in [2.24, 2.45) is 0 Å². The molecule has 0 aromatic carbocycles. The van der Waals surface area contributed by atoms with Gasteiger partial charge >= 0.3 is 0 Å². The Morgan fingerprint density at radius 1 is 1.30 bits per heavy atom. The summed E-state index contributed by atoms with van der Waals surface area (Å²) >= 11 is 5.31. The van der Waals surface area contributed by atoms with Crippen LogP contribution in [0, 0.1) is 11.6 Å². The smallest absolute Gasteiger partial charge is 0.138 e. The molecular formula is C15H19N3OS. The molecule has 1 N–H and O–H groups in total. The number of ether oxygens (including phenoxy) is 1. The highest BCUT2D eigenvalue weighted by Gasteiger charge is 2.08. The second-order valence-corrected chi connectivity index (χ2v) is 4.99. The van der Waals surface area contributed by atoms with Crippen LogP contribution in [-0.2, 0) is 6.42 Å². The van der Waals surface area contributed by atoms with E-state index in [1.165, 1.54) is 0 Å². The molecule has 2 aromatic heterocycles. The number of nitrogens with one attached hydrogen (secondary N) is 1. The minimum atomic E-state index is 0.635. The molecule has 0 aliphatic heterocycles. The fourth-order valence-corrected chi connectivity index (χ4v) is 2.10. The first-order valence-electron chi connectivity index (χ1n) is 6.83. The second-order valence-electron chi connectivity index (χ2n) is 4.60. The minimum absolute atomic E-state index is 0.635. The van der Waals surface area contributed by atoms with Crippen LogP contribution in [0.15, 0.2) is 18.5 Å². The van der Waals surface area contributed by atoms with Gasteiger partial charge in [-0.1, -0.05) is 26.1 Å². The van der Waals surface area contributed by atoms with Crippen LogP contribution >= 0.6 is 12.2 Å². The molecule has 5 heteroatoms. The predicted molar refractivity (Wildman–Crippen MR) is 82.6 cm³/mol. The minimum Gasteiger partial charge on any atom is -0.492 e. The summed E-state index contributed by atoms with van der Waals surface area (Å²) in [6.45, 7) is 6.79. The van der Waals surface area contributed by atoms with Crippen LogP contribution in [0.2, 0.25) is 0 Å². The number of nitrogens with zero attached hydrogens (tertiary/aromatic N) is 2. The first-order valence-corrected chi connectivity index (χ1v) is 7.24. The summed E-state index contributed by atoms with van der Waals surface area (Å²) in [4.78, 5) is 11.9. The van der Waals surface area contributed by atoms with Crippen molar-refractivity contribution in [2.75, 3.05) is 6.61 Å². The van der Waals surface area contributed by atoms with E-state index >= 15 is 0 Å². The summed E-state index contributed by atoms with van der Waals surface area (Å²) in [5, 5.41) is 0. The zero-order valence-electron chi connectivity index (χ0n) is 12.1. The molecule has 106 valence electrons. The summed E-state index contributed by atoms with van der Waals surface area (Å²) in [5.41, 5.74) is 2.90. The van der Waals surface area contributed by atoms with Gasteiger partial charge in [0.25, 0.3) is 0 Å². The van der Waals surface area contributed by atoms with Gasteiger partial charge in [0.1, 0.15) is 16.2 Å². The van der Waals surface area contributed by atoms with E-state index in [0.717, 1.165) is 41.2 Å². The maximum atomic E-state index is 5.63. The molecule has 0 radical (unpaired) electrons. The van der Waals surface area contributed by atoms with Gasteiger partial charge in [0, 0.05) is 23.7 Å². The average molecular weight is 289 g/mol. The molecule has 0 fully saturated rings. The Balaban J connectivity index is 2.45. The Morgan fingerprint density at radius 2 is 2.10 bits per heavy atom. The number of H-pyrrole nitrogens is 1. The van der Waals surface area contributed by atoms with Gasteiger partial charge in [0.05, 0.1) is 18.5 Å². The average Bonchev–Trinajstić information content (AvgIpc) is 2.48. The Morgan fingerprint density at radius 3 is 2.80 bits per heavy atom. The topological polar surface area (TPSA) is 50.8 Å². The monoisotopic (exact) mass is 289 g/mol. The van der Waals surface area contributed by atoms with Gasteiger partial charge in [-0.25, -0.2) is 4.98 Å². The molecule has 2 aromatic rings. The molecule has 20 heavy (non-hydrogen) atoms. The van der Waals surface area contributed by atoms with Crippen LogP contribution in [0.25, 0.3) is 11.3 Å². The van der Waals surface area contributed by atoms with Gasteiger partial charge in [-0.15, -0.1) is 0 Å². The van der Waals surface area contributed by atoms with Crippen molar-refractivity contribution in [2.45, 2.75) is 33.6 Å². The summed E-state index contributed by atoms with van der Waals surface area (Å²) in [6, 6.07) is 1.98. The van der Waals surface area contributed by atoms with Crippen LogP contribution in [0.1, 0.15) is 31.7 Å². The SMILES string of the molecule is CCCOc1cncc(-c2[nH]c(CC)nc(=S)c2C)c1. The number of hydrogen-bond acceptors (Lipinski definition) is 4. The van der Waals surface area contributed by atoms with Crippen molar-refractivity contribution < 1.29 is 4.74 Å². The van der Waals surface area contributed by atoms with Gasteiger partial charge in [0.2, 0.25) is 0 Å².